The standard InChI is InChI=1S/C18H12P.Sb/c1-4-10-16(11-5-1)19(17-12-6-2-7-13-17)18-14-8-3-9-15-18;/h1-10,12,14H;. The fourth-order valence-electron chi connectivity index (χ4n) is 3.31. The molecule has 2 heteroatoms. The van der Waals surface area contributed by atoms with Crippen molar-refractivity contribution in [1.82, 2.24) is 0 Å². The average molecular weight is 381 g/mol. The van der Waals surface area contributed by atoms with Gasteiger partial charge in [0.25, 0.3) is 0 Å². The summed E-state index contributed by atoms with van der Waals surface area (Å²) in [4.78, 5) is 0. The summed E-state index contributed by atoms with van der Waals surface area (Å²) >= 11 is -1.74. The Kier molecular flexibility index (Phi) is 2.43. The zero-order valence-corrected chi connectivity index (χ0v) is 14.3. The molecule has 3 aliphatic rings. The normalized spacial score (nSPS) is 15.6. The minimum atomic E-state index is -1.74. The summed E-state index contributed by atoms with van der Waals surface area (Å²) in [6.45, 7) is 0. The number of hydrogen-bond donors (Lipinski definition) is 0. The zero-order chi connectivity index (χ0) is 13.1. The van der Waals surface area contributed by atoms with Gasteiger partial charge >= 0.3 is 127 Å². The first-order valence-corrected chi connectivity index (χ1v) is 12.0. The molecule has 94 valence electrons. The third-order valence-corrected chi connectivity index (χ3v) is 15.7. The summed E-state index contributed by atoms with van der Waals surface area (Å²) in [5.74, 6) is 0. The van der Waals surface area contributed by atoms with Crippen LogP contribution in [0, 0.1) is 0 Å². The van der Waals surface area contributed by atoms with Gasteiger partial charge in [0, 0.05) is 0 Å². The Balaban J connectivity index is 1.93. The van der Waals surface area contributed by atoms with Gasteiger partial charge in [-0.25, -0.2) is 0 Å². The number of hydrogen-bond acceptors (Lipinski definition) is 0. The quantitative estimate of drug-likeness (QED) is 0.272. The summed E-state index contributed by atoms with van der Waals surface area (Å²) < 4.78 is 5.12. The molecule has 0 aliphatic carbocycles. The average Bonchev–Trinajstić information content (AvgIpc) is 2.54. The van der Waals surface area contributed by atoms with Gasteiger partial charge in [0.1, 0.15) is 0 Å². The van der Waals surface area contributed by atoms with Crippen molar-refractivity contribution >= 4 is 54.6 Å². The Morgan fingerprint density at radius 3 is 1.25 bits per heavy atom. The SMILES string of the molecule is c1cc[c]2c(c1)P1c3cccc[c]3[Sb]2[c]2ccccc21. The van der Waals surface area contributed by atoms with Crippen LogP contribution in [0.3, 0.4) is 0 Å². The molecule has 0 saturated heterocycles. The molecule has 3 aromatic carbocycles. The van der Waals surface area contributed by atoms with Crippen LogP contribution >= 0.6 is 7.92 Å². The van der Waals surface area contributed by atoms with Crippen LogP contribution in [0.2, 0.25) is 0 Å². The molecular formula is C18H12PSb. The first-order chi connectivity index (χ1) is 9.95. The maximum atomic E-state index is 2.40. The van der Waals surface area contributed by atoms with Crippen molar-refractivity contribution in [2.45, 2.75) is 0 Å². The summed E-state index contributed by atoms with van der Waals surface area (Å²) in [6, 6.07) is 27.7. The van der Waals surface area contributed by atoms with Gasteiger partial charge in [0.15, 0.2) is 0 Å². The number of benzene rings is 3. The van der Waals surface area contributed by atoms with Crippen molar-refractivity contribution in [3.05, 3.63) is 72.8 Å². The molecule has 0 amide bonds. The first kappa shape index (κ1) is 11.6. The van der Waals surface area contributed by atoms with Crippen molar-refractivity contribution < 1.29 is 0 Å². The Bertz CT molecular complexity index is 658. The van der Waals surface area contributed by atoms with Crippen molar-refractivity contribution in [3.8, 4) is 0 Å². The summed E-state index contributed by atoms with van der Waals surface area (Å²) in [6.07, 6.45) is 0. The van der Waals surface area contributed by atoms with Crippen LogP contribution in [0.15, 0.2) is 72.8 Å². The van der Waals surface area contributed by atoms with E-state index in [2.05, 4.69) is 72.8 Å². The van der Waals surface area contributed by atoms with E-state index < -0.39 is 20.2 Å². The summed E-state index contributed by atoms with van der Waals surface area (Å²) in [7, 11) is -0.305. The molecule has 0 atom stereocenters. The van der Waals surface area contributed by atoms with Crippen molar-refractivity contribution in [1.29, 1.82) is 0 Å². The molecule has 0 aromatic heterocycles. The van der Waals surface area contributed by atoms with Gasteiger partial charge in [-0.05, 0) is 0 Å². The number of rotatable bonds is 0. The van der Waals surface area contributed by atoms with E-state index in [4.69, 9.17) is 0 Å². The van der Waals surface area contributed by atoms with Crippen LogP contribution in [0.5, 0.6) is 0 Å². The predicted molar refractivity (Wildman–Crippen MR) is 89.8 cm³/mol. The molecule has 0 spiro atoms. The summed E-state index contributed by atoms with van der Waals surface area (Å²) in [5, 5.41) is 4.92. The molecule has 2 bridgehead atoms. The third-order valence-electron chi connectivity index (χ3n) is 4.09. The molecule has 0 saturated carbocycles. The van der Waals surface area contributed by atoms with Crippen molar-refractivity contribution in [2.24, 2.45) is 0 Å². The second-order valence-electron chi connectivity index (χ2n) is 5.14. The van der Waals surface area contributed by atoms with Crippen molar-refractivity contribution in [3.63, 3.8) is 0 Å². The van der Waals surface area contributed by atoms with Crippen LogP contribution in [0.4, 0.5) is 0 Å². The van der Waals surface area contributed by atoms with Gasteiger partial charge in [-0.2, -0.15) is 0 Å². The monoisotopic (exact) mass is 380 g/mol. The molecular weight excluding hydrogens is 369 g/mol. The molecule has 0 unspecified atom stereocenters. The van der Waals surface area contributed by atoms with E-state index in [0.29, 0.717) is 0 Å². The van der Waals surface area contributed by atoms with Crippen LogP contribution in [-0.4, -0.2) is 20.2 Å². The van der Waals surface area contributed by atoms with Crippen LogP contribution < -0.4 is 26.4 Å². The molecule has 20 heavy (non-hydrogen) atoms. The fourth-order valence-corrected chi connectivity index (χ4v) is 17.1. The van der Waals surface area contributed by atoms with Crippen molar-refractivity contribution in [2.75, 3.05) is 0 Å². The molecule has 3 heterocycles. The second-order valence-corrected chi connectivity index (χ2v) is 13.3. The molecule has 6 rings (SSSR count). The van der Waals surface area contributed by atoms with Gasteiger partial charge in [0.05, 0.1) is 0 Å². The van der Waals surface area contributed by atoms with E-state index in [0.717, 1.165) is 0 Å². The van der Waals surface area contributed by atoms with E-state index in [-0.39, 0.29) is 7.92 Å². The van der Waals surface area contributed by atoms with Gasteiger partial charge in [-0.1, -0.05) is 0 Å². The van der Waals surface area contributed by atoms with Gasteiger partial charge < -0.3 is 0 Å². The summed E-state index contributed by atoms with van der Waals surface area (Å²) in [5.41, 5.74) is 0. The Morgan fingerprint density at radius 1 is 0.500 bits per heavy atom. The molecule has 0 fully saturated rings. The Morgan fingerprint density at radius 2 is 0.850 bits per heavy atom. The molecule has 0 radical (unpaired) electrons. The van der Waals surface area contributed by atoms with Crippen LogP contribution in [-0.2, 0) is 0 Å². The van der Waals surface area contributed by atoms with Gasteiger partial charge in [-0.3, -0.25) is 0 Å². The van der Waals surface area contributed by atoms with E-state index in [1.54, 1.807) is 26.4 Å². The van der Waals surface area contributed by atoms with E-state index in [9.17, 15) is 0 Å². The second kappa shape index (κ2) is 4.20. The minimum absolute atomic E-state index is 0.305. The predicted octanol–water partition coefficient (Wildman–Crippen LogP) is 0.588. The molecule has 0 nitrogen and oxygen atoms in total. The molecule has 0 N–H and O–H groups in total. The molecule has 3 aromatic rings. The van der Waals surface area contributed by atoms with E-state index in [1.165, 1.54) is 0 Å². The first-order valence-electron chi connectivity index (χ1n) is 6.82. The topological polar surface area (TPSA) is 0 Å². The zero-order valence-electron chi connectivity index (χ0n) is 10.8. The molecule has 3 aliphatic heterocycles. The van der Waals surface area contributed by atoms with Crippen LogP contribution in [0.1, 0.15) is 0 Å². The Labute approximate surface area is 127 Å². The van der Waals surface area contributed by atoms with Gasteiger partial charge in [-0.15, -0.1) is 0 Å². The third kappa shape index (κ3) is 1.37. The van der Waals surface area contributed by atoms with E-state index >= 15 is 0 Å². The Hall–Kier alpha value is -1.09. The van der Waals surface area contributed by atoms with E-state index in [1.807, 2.05) is 0 Å². The van der Waals surface area contributed by atoms with Crippen LogP contribution in [0.25, 0.3) is 0 Å². The fraction of sp³-hybridized carbons (Fsp3) is 0. The van der Waals surface area contributed by atoms with Gasteiger partial charge in [0.2, 0.25) is 0 Å². The maximum absolute atomic E-state index is 2.40.